The quantitative estimate of drug-likeness (QED) is 0.468. The summed E-state index contributed by atoms with van der Waals surface area (Å²) < 4.78 is 5.09. The zero-order chi connectivity index (χ0) is 7.02. The monoisotopic (exact) mass is 132 g/mol. The standard InChI is InChI=1S/C6H12O3/c1-3-5(7)6(8)4(2)9-3/h3-8H,1-2H3/t3-,4+,5?,6?. The minimum absolute atomic E-state index is 0.227. The van der Waals surface area contributed by atoms with Gasteiger partial charge in [0.25, 0.3) is 0 Å². The van der Waals surface area contributed by atoms with E-state index in [-0.39, 0.29) is 12.2 Å². The zero-order valence-electron chi connectivity index (χ0n) is 5.61. The van der Waals surface area contributed by atoms with Crippen molar-refractivity contribution >= 4 is 0 Å². The second kappa shape index (κ2) is 2.25. The fraction of sp³-hybridized carbons (Fsp3) is 1.00. The van der Waals surface area contributed by atoms with Gasteiger partial charge in [0, 0.05) is 0 Å². The van der Waals surface area contributed by atoms with Crippen molar-refractivity contribution in [3.8, 4) is 0 Å². The molecule has 0 aromatic carbocycles. The highest BCUT2D eigenvalue weighted by atomic mass is 16.5. The van der Waals surface area contributed by atoms with Crippen LogP contribution in [0.15, 0.2) is 0 Å². The van der Waals surface area contributed by atoms with Crippen molar-refractivity contribution in [3.63, 3.8) is 0 Å². The molecule has 0 bridgehead atoms. The zero-order valence-corrected chi connectivity index (χ0v) is 5.61. The molecule has 2 N–H and O–H groups in total. The lowest BCUT2D eigenvalue weighted by Gasteiger charge is -2.08. The van der Waals surface area contributed by atoms with E-state index < -0.39 is 12.2 Å². The maximum absolute atomic E-state index is 9.06. The molecular formula is C6H12O3. The van der Waals surface area contributed by atoms with E-state index in [1.54, 1.807) is 13.8 Å². The summed E-state index contributed by atoms with van der Waals surface area (Å²) in [7, 11) is 0. The van der Waals surface area contributed by atoms with Crippen LogP contribution in [0.2, 0.25) is 0 Å². The van der Waals surface area contributed by atoms with Crippen molar-refractivity contribution in [3.05, 3.63) is 0 Å². The average molecular weight is 132 g/mol. The molecule has 0 amide bonds. The molecule has 3 heteroatoms. The van der Waals surface area contributed by atoms with E-state index in [1.165, 1.54) is 0 Å². The number of hydrogen-bond acceptors (Lipinski definition) is 3. The first-order valence-electron chi connectivity index (χ1n) is 3.14. The molecule has 1 saturated heterocycles. The molecule has 1 fully saturated rings. The van der Waals surface area contributed by atoms with Gasteiger partial charge in [0.15, 0.2) is 0 Å². The fourth-order valence-electron chi connectivity index (χ4n) is 1.05. The van der Waals surface area contributed by atoms with E-state index in [4.69, 9.17) is 14.9 Å². The summed E-state index contributed by atoms with van der Waals surface area (Å²) in [6.45, 7) is 3.49. The van der Waals surface area contributed by atoms with E-state index in [1.807, 2.05) is 0 Å². The van der Waals surface area contributed by atoms with Gasteiger partial charge in [-0.25, -0.2) is 0 Å². The Labute approximate surface area is 54.3 Å². The van der Waals surface area contributed by atoms with Gasteiger partial charge in [0.05, 0.1) is 12.2 Å². The molecule has 0 radical (unpaired) electrons. The maximum Gasteiger partial charge on any atom is 0.108 e. The second-order valence-electron chi connectivity index (χ2n) is 2.53. The third-order valence-electron chi connectivity index (χ3n) is 1.74. The van der Waals surface area contributed by atoms with Crippen LogP contribution in [0.1, 0.15) is 13.8 Å². The molecule has 54 valence electrons. The van der Waals surface area contributed by atoms with Gasteiger partial charge >= 0.3 is 0 Å². The molecular weight excluding hydrogens is 120 g/mol. The number of ether oxygens (including phenoxy) is 1. The second-order valence-corrected chi connectivity index (χ2v) is 2.53. The summed E-state index contributed by atoms with van der Waals surface area (Å²) in [5.74, 6) is 0. The Morgan fingerprint density at radius 3 is 1.44 bits per heavy atom. The molecule has 3 nitrogen and oxygen atoms in total. The van der Waals surface area contributed by atoms with E-state index in [0.29, 0.717) is 0 Å². The third kappa shape index (κ3) is 1.08. The summed E-state index contributed by atoms with van der Waals surface area (Å²) in [6.07, 6.45) is -1.87. The molecule has 4 atom stereocenters. The van der Waals surface area contributed by atoms with E-state index in [9.17, 15) is 0 Å². The molecule has 1 aliphatic heterocycles. The summed E-state index contributed by atoms with van der Waals surface area (Å²) in [5.41, 5.74) is 0. The molecule has 2 unspecified atom stereocenters. The maximum atomic E-state index is 9.06. The summed E-state index contributed by atoms with van der Waals surface area (Å²) in [6, 6.07) is 0. The summed E-state index contributed by atoms with van der Waals surface area (Å²) in [4.78, 5) is 0. The molecule has 0 aromatic heterocycles. The van der Waals surface area contributed by atoms with Gasteiger partial charge in [0.1, 0.15) is 12.2 Å². The van der Waals surface area contributed by atoms with Crippen molar-refractivity contribution in [2.75, 3.05) is 0 Å². The normalized spacial score (nSPS) is 52.0. The molecule has 9 heavy (non-hydrogen) atoms. The number of aliphatic hydroxyl groups is 2. The van der Waals surface area contributed by atoms with Crippen molar-refractivity contribution in [2.24, 2.45) is 0 Å². The van der Waals surface area contributed by atoms with Crippen LogP contribution >= 0.6 is 0 Å². The van der Waals surface area contributed by atoms with Gasteiger partial charge in [-0.3, -0.25) is 0 Å². The highest BCUT2D eigenvalue weighted by Gasteiger charge is 2.36. The van der Waals surface area contributed by atoms with Crippen molar-refractivity contribution in [1.29, 1.82) is 0 Å². The highest BCUT2D eigenvalue weighted by Crippen LogP contribution is 2.19. The van der Waals surface area contributed by atoms with E-state index in [0.717, 1.165) is 0 Å². The van der Waals surface area contributed by atoms with Gasteiger partial charge in [-0.2, -0.15) is 0 Å². The van der Waals surface area contributed by atoms with Crippen LogP contribution in [0.25, 0.3) is 0 Å². The van der Waals surface area contributed by atoms with Gasteiger partial charge in [-0.1, -0.05) is 0 Å². The van der Waals surface area contributed by atoms with Crippen molar-refractivity contribution in [2.45, 2.75) is 38.3 Å². The van der Waals surface area contributed by atoms with Crippen LogP contribution in [0.5, 0.6) is 0 Å². The van der Waals surface area contributed by atoms with Crippen LogP contribution in [0.4, 0.5) is 0 Å². The topological polar surface area (TPSA) is 49.7 Å². The molecule has 0 aliphatic carbocycles. The number of hydrogen-bond donors (Lipinski definition) is 2. The largest absolute Gasteiger partial charge is 0.388 e. The Hall–Kier alpha value is -0.120. The Morgan fingerprint density at radius 2 is 1.33 bits per heavy atom. The molecule has 1 heterocycles. The smallest absolute Gasteiger partial charge is 0.108 e. The lowest BCUT2D eigenvalue weighted by Crippen LogP contribution is -2.30. The molecule has 0 spiro atoms. The molecule has 1 rings (SSSR count). The molecule has 0 saturated carbocycles. The Morgan fingerprint density at radius 1 is 1.00 bits per heavy atom. The SMILES string of the molecule is C[C@@H]1O[C@H](C)C(O)C1O. The first kappa shape index (κ1) is 6.99. The van der Waals surface area contributed by atoms with Gasteiger partial charge in [-0.05, 0) is 13.8 Å². The van der Waals surface area contributed by atoms with Crippen molar-refractivity contribution < 1.29 is 14.9 Å². The Bertz CT molecular complexity index is 92.5. The molecule has 0 aromatic rings. The fourth-order valence-corrected chi connectivity index (χ4v) is 1.05. The summed E-state index contributed by atoms with van der Waals surface area (Å²) in [5, 5.41) is 18.1. The van der Waals surface area contributed by atoms with Gasteiger partial charge < -0.3 is 14.9 Å². The predicted molar refractivity (Wildman–Crippen MR) is 32.0 cm³/mol. The van der Waals surface area contributed by atoms with Crippen LogP contribution in [-0.4, -0.2) is 34.6 Å². The highest BCUT2D eigenvalue weighted by molar-refractivity contribution is 4.85. The van der Waals surface area contributed by atoms with Crippen LogP contribution < -0.4 is 0 Å². The minimum atomic E-state index is -0.708. The van der Waals surface area contributed by atoms with Gasteiger partial charge in [-0.15, -0.1) is 0 Å². The first-order chi connectivity index (χ1) is 4.13. The van der Waals surface area contributed by atoms with Crippen molar-refractivity contribution in [1.82, 2.24) is 0 Å². The number of rotatable bonds is 0. The van der Waals surface area contributed by atoms with Crippen LogP contribution in [0, 0.1) is 0 Å². The Kier molecular flexibility index (Phi) is 1.75. The predicted octanol–water partition coefficient (Wildman–Crippen LogP) is -0.485. The minimum Gasteiger partial charge on any atom is -0.388 e. The first-order valence-corrected chi connectivity index (χ1v) is 3.14. The lowest BCUT2D eigenvalue weighted by molar-refractivity contribution is 0.0281. The number of aliphatic hydroxyl groups excluding tert-OH is 2. The lowest BCUT2D eigenvalue weighted by atomic mass is 10.1. The third-order valence-corrected chi connectivity index (χ3v) is 1.74. The molecule has 1 aliphatic rings. The summed E-state index contributed by atoms with van der Waals surface area (Å²) >= 11 is 0. The van der Waals surface area contributed by atoms with E-state index >= 15 is 0 Å². The van der Waals surface area contributed by atoms with E-state index in [2.05, 4.69) is 0 Å². The van der Waals surface area contributed by atoms with Crippen LogP contribution in [-0.2, 0) is 4.74 Å². The van der Waals surface area contributed by atoms with Crippen LogP contribution in [0.3, 0.4) is 0 Å². The average Bonchev–Trinajstić information content (AvgIpc) is 1.98. The van der Waals surface area contributed by atoms with Gasteiger partial charge in [0.2, 0.25) is 0 Å². The Balaban J connectivity index is 2.54.